The zero-order valence-electron chi connectivity index (χ0n) is 19.2. The Morgan fingerprint density at radius 1 is 1.06 bits per heavy atom. The van der Waals surface area contributed by atoms with Crippen LogP contribution in [-0.4, -0.2) is 50.6 Å². The number of aliphatic hydroxyl groups excluding tert-OH is 1. The van der Waals surface area contributed by atoms with Crippen LogP contribution >= 0.6 is 0 Å². The molecule has 1 aliphatic rings. The molecule has 2 aromatic carbocycles. The Hall–Kier alpha value is -3.45. The Kier molecular flexibility index (Phi) is 6.33. The first-order valence-electron chi connectivity index (χ1n) is 11.2. The quantitative estimate of drug-likeness (QED) is 0.570. The highest BCUT2D eigenvalue weighted by Crippen LogP contribution is 2.39. The molecule has 4 rings (SSSR count). The van der Waals surface area contributed by atoms with E-state index in [2.05, 4.69) is 22.0 Å². The lowest BCUT2D eigenvalue weighted by molar-refractivity contribution is -0.154. The predicted molar refractivity (Wildman–Crippen MR) is 126 cm³/mol. The van der Waals surface area contributed by atoms with Crippen molar-refractivity contribution in [3.8, 4) is 11.3 Å². The van der Waals surface area contributed by atoms with E-state index in [0.29, 0.717) is 12.4 Å². The van der Waals surface area contributed by atoms with E-state index in [1.54, 1.807) is 4.90 Å². The summed E-state index contributed by atoms with van der Waals surface area (Å²) in [5, 5.41) is 12.3. The van der Waals surface area contributed by atoms with Crippen LogP contribution < -0.4 is 5.32 Å². The Bertz CT molecular complexity index is 1120. The van der Waals surface area contributed by atoms with Gasteiger partial charge in [0.1, 0.15) is 5.82 Å². The second kappa shape index (κ2) is 9.19. The number of aromatic nitrogens is 2. The second-order valence-electron chi connectivity index (χ2n) is 9.54. The lowest BCUT2D eigenvalue weighted by Gasteiger charge is -2.43. The fourth-order valence-electron chi connectivity index (χ4n) is 4.37. The third-order valence-corrected chi connectivity index (χ3v) is 5.88. The number of amides is 2. The van der Waals surface area contributed by atoms with Crippen LogP contribution in [0.5, 0.6) is 0 Å². The zero-order chi connectivity index (χ0) is 23.6. The molecule has 0 spiro atoms. The molecule has 3 aromatic rings. The van der Waals surface area contributed by atoms with E-state index in [4.69, 9.17) is 4.98 Å². The second-order valence-corrected chi connectivity index (χ2v) is 9.54. The summed E-state index contributed by atoms with van der Waals surface area (Å²) < 4.78 is 2.07. The van der Waals surface area contributed by atoms with Crippen molar-refractivity contribution in [1.82, 2.24) is 19.8 Å². The molecule has 172 valence electrons. The fraction of sp³-hybridized carbons (Fsp3) is 0.346. The summed E-state index contributed by atoms with van der Waals surface area (Å²) >= 11 is 0. The van der Waals surface area contributed by atoms with Crippen LogP contribution in [0.4, 0.5) is 0 Å². The first-order chi connectivity index (χ1) is 15.8. The largest absolute Gasteiger partial charge is 0.394 e. The van der Waals surface area contributed by atoms with Gasteiger partial charge in [-0.2, -0.15) is 0 Å². The molecule has 0 bridgehead atoms. The number of nitrogens with one attached hydrogen (secondary N) is 1. The fourth-order valence-corrected chi connectivity index (χ4v) is 4.37. The molecule has 0 radical (unpaired) electrons. The lowest BCUT2D eigenvalue weighted by atomic mass is 9.84. The van der Waals surface area contributed by atoms with E-state index in [1.165, 1.54) is 0 Å². The summed E-state index contributed by atoms with van der Waals surface area (Å²) in [6.07, 6.45) is 2.01. The van der Waals surface area contributed by atoms with Crippen LogP contribution in [0.15, 0.2) is 66.9 Å². The van der Waals surface area contributed by atoms with Crippen LogP contribution in [0, 0.1) is 5.41 Å². The number of carbonyl (C=O) groups excluding carboxylic acids is 2. The minimum absolute atomic E-state index is 0.224. The van der Waals surface area contributed by atoms with Gasteiger partial charge in [0.2, 0.25) is 0 Å². The first-order valence-corrected chi connectivity index (χ1v) is 11.2. The number of imidazole rings is 1. The van der Waals surface area contributed by atoms with Crippen molar-refractivity contribution < 1.29 is 14.7 Å². The predicted octanol–water partition coefficient (Wildman–Crippen LogP) is 3.00. The van der Waals surface area contributed by atoms with Gasteiger partial charge < -0.3 is 19.9 Å². The molecule has 2 amide bonds. The summed E-state index contributed by atoms with van der Waals surface area (Å²) in [5.74, 6) is -0.584. The molecule has 1 aromatic heterocycles. The van der Waals surface area contributed by atoms with Crippen molar-refractivity contribution in [1.29, 1.82) is 0 Å². The van der Waals surface area contributed by atoms with E-state index in [0.717, 1.165) is 16.8 Å². The number of hydrogen-bond acceptors (Lipinski definition) is 4. The third kappa shape index (κ3) is 4.83. The van der Waals surface area contributed by atoms with Gasteiger partial charge in [-0.25, -0.2) is 4.98 Å². The average molecular weight is 447 g/mol. The van der Waals surface area contributed by atoms with Gasteiger partial charge in [-0.05, 0) is 11.0 Å². The summed E-state index contributed by atoms with van der Waals surface area (Å²) in [6, 6.07) is 19.0. The topological polar surface area (TPSA) is 87.5 Å². The normalized spacial score (nSPS) is 17.7. The highest BCUT2D eigenvalue weighted by Gasteiger charge is 2.43. The average Bonchev–Trinajstić information content (AvgIpc) is 3.20. The molecule has 33 heavy (non-hydrogen) atoms. The smallest absolute Gasteiger partial charge is 0.312 e. The maximum absolute atomic E-state index is 13.0. The molecule has 2 heterocycles. The van der Waals surface area contributed by atoms with Gasteiger partial charge in [0.15, 0.2) is 0 Å². The number of nitrogens with zero attached hydrogens (tertiary/aromatic N) is 3. The SMILES string of the molecule is CC(C)(C)C(c1nc(-c2ccccc2)cn1Cc1ccccc1)N1CC(CO)NC(=O)C1=O. The third-order valence-electron chi connectivity index (χ3n) is 5.88. The highest BCUT2D eigenvalue weighted by atomic mass is 16.3. The van der Waals surface area contributed by atoms with Crippen LogP contribution in [0.25, 0.3) is 11.3 Å². The van der Waals surface area contributed by atoms with E-state index in [-0.39, 0.29) is 13.2 Å². The number of carbonyl (C=O) groups is 2. The number of benzene rings is 2. The van der Waals surface area contributed by atoms with Gasteiger partial charge in [0, 0.05) is 24.8 Å². The van der Waals surface area contributed by atoms with Gasteiger partial charge in [0.05, 0.1) is 24.4 Å². The molecule has 1 aliphatic heterocycles. The van der Waals surface area contributed by atoms with Gasteiger partial charge in [-0.3, -0.25) is 9.59 Å². The van der Waals surface area contributed by atoms with Crippen molar-refractivity contribution in [3.63, 3.8) is 0 Å². The molecule has 0 aliphatic carbocycles. The lowest BCUT2D eigenvalue weighted by Crippen LogP contribution is -2.61. The summed E-state index contributed by atoms with van der Waals surface area (Å²) in [7, 11) is 0. The summed E-state index contributed by atoms with van der Waals surface area (Å²) in [6.45, 7) is 6.68. The van der Waals surface area contributed by atoms with Crippen molar-refractivity contribution in [2.24, 2.45) is 5.41 Å². The molecular formula is C26H30N4O3. The molecule has 1 saturated heterocycles. The van der Waals surface area contributed by atoms with Crippen LogP contribution in [0.3, 0.4) is 0 Å². The van der Waals surface area contributed by atoms with Crippen molar-refractivity contribution in [2.45, 2.75) is 39.4 Å². The molecule has 2 atom stereocenters. The Balaban J connectivity index is 1.84. The van der Waals surface area contributed by atoms with Gasteiger partial charge in [0.25, 0.3) is 0 Å². The number of rotatable bonds is 6. The van der Waals surface area contributed by atoms with Gasteiger partial charge in [-0.15, -0.1) is 0 Å². The van der Waals surface area contributed by atoms with E-state index >= 15 is 0 Å². The monoisotopic (exact) mass is 446 g/mol. The summed E-state index contributed by atoms with van der Waals surface area (Å²) in [4.78, 5) is 32.0. The molecule has 7 nitrogen and oxygen atoms in total. The minimum atomic E-state index is -0.695. The number of piperazine rings is 1. The molecular weight excluding hydrogens is 416 g/mol. The molecule has 1 fully saturated rings. The number of hydrogen-bond donors (Lipinski definition) is 2. The summed E-state index contributed by atoms with van der Waals surface area (Å²) in [5.41, 5.74) is 2.48. The molecule has 7 heteroatoms. The van der Waals surface area contributed by atoms with E-state index in [1.807, 2.05) is 75.5 Å². The van der Waals surface area contributed by atoms with Crippen LogP contribution in [0.1, 0.15) is 38.2 Å². The Morgan fingerprint density at radius 3 is 2.30 bits per heavy atom. The van der Waals surface area contributed by atoms with Crippen LogP contribution in [-0.2, 0) is 16.1 Å². The maximum atomic E-state index is 13.0. The van der Waals surface area contributed by atoms with Crippen molar-refractivity contribution >= 4 is 11.8 Å². The first kappa shape index (κ1) is 22.7. The molecule has 2 unspecified atom stereocenters. The van der Waals surface area contributed by atoms with Gasteiger partial charge >= 0.3 is 11.8 Å². The Morgan fingerprint density at radius 2 is 1.70 bits per heavy atom. The maximum Gasteiger partial charge on any atom is 0.312 e. The van der Waals surface area contributed by atoms with Gasteiger partial charge in [-0.1, -0.05) is 81.4 Å². The highest BCUT2D eigenvalue weighted by molar-refractivity contribution is 6.35. The van der Waals surface area contributed by atoms with Crippen molar-refractivity contribution in [3.05, 3.63) is 78.2 Å². The van der Waals surface area contributed by atoms with E-state index < -0.39 is 29.3 Å². The zero-order valence-corrected chi connectivity index (χ0v) is 19.2. The van der Waals surface area contributed by atoms with Crippen molar-refractivity contribution in [2.75, 3.05) is 13.2 Å². The minimum Gasteiger partial charge on any atom is -0.394 e. The standard InChI is InChI=1S/C26H30N4O3/c1-26(2,3)22(30-15-20(17-31)27-24(32)25(30)33)23-28-21(19-12-8-5-9-13-19)16-29(23)14-18-10-6-4-7-11-18/h4-13,16,20,22,31H,14-15,17H2,1-3H3,(H,27,32). The number of aliphatic hydroxyl groups is 1. The molecule has 2 N–H and O–H groups in total. The van der Waals surface area contributed by atoms with Crippen LogP contribution in [0.2, 0.25) is 0 Å². The Labute approximate surface area is 194 Å². The van der Waals surface area contributed by atoms with E-state index in [9.17, 15) is 14.7 Å². The molecule has 0 saturated carbocycles.